The fraction of sp³-hybridized carbons (Fsp3) is 0.395. The number of benzene rings is 3. The van der Waals surface area contributed by atoms with E-state index in [0.717, 1.165) is 11.1 Å². The molecule has 3 aromatic carbocycles. The highest BCUT2D eigenvalue weighted by Crippen LogP contribution is 2.18. The molecule has 4 atom stereocenters. The molecule has 3 aromatic rings. The first-order valence-corrected chi connectivity index (χ1v) is 19.6. The monoisotopic (exact) mass is 831 g/mol. The summed E-state index contributed by atoms with van der Waals surface area (Å²) in [6.07, 6.45) is 0.680. The lowest BCUT2D eigenvalue weighted by Crippen LogP contribution is -2.50. The van der Waals surface area contributed by atoms with E-state index in [9.17, 15) is 48.6 Å². The number of carbonyl (C=O) groups excluding carboxylic acids is 6. The van der Waals surface area contributed by atoms with Crippen LogP contribution in [-0.2, 0) is 46.3 Å². The minimum atomic E-state index is -1.19. The van der Waals surface area contributed by atoms with Crippen LogP contribution in [0.2, 0.25) is 0 Å². The van der Waals surface area contributed by atoms with Crippen LogP contribution in [0.25, 0.3) is 0 Å². The molecule has 0 bridgehead atoms. The number of hydrogen-bond donors (Lipinski definition) is 7. The van der Waals surface area contributed by atoms with E-state index in [0.29, 0.717) is 36.1 Å². The molecule has 60 heavy (non-hydrogen) atoms. The van der Waals surface area contributed by atoms with E-state index in [-0.39, 0.29) is 51.7 Å². The average Bonchev–Trinajstić information content (AvgIpc) is 3.22. The van der Waals surface area contributed by atoms with E-state index in [2.05, 4.69) is 26.6 Å². The molecule has 0 radical (unpaired) electrons. The number of carboxylic acids is 2. The molecule has 0 saturated heterocycles. The average molecular weight is 832 g/mol. The maximum Gasteiger partial charge on any atom is 0.326 e. The van der Waals surface area contributed by atoms with Crippen LogP contribution in [0.3, 0.4) is 0 Å². The fourth-order valence-electron chi connectivity index (χ4n) is 6.07. The quantitative estimate of drug-likeness (QED) is 0.0333. The van der Waals surface area contributed by atoms with Gasteiger partial charge in [0.1, 0.15) is 17.8 Å². The number of rotatable bonds is 27. The second kappa shape index (κ2) is 25.6. The van der Waals surface area contributed by atoms with Gasteiger partial charge in [-0.1, -0.05) is 74.0 Å². The van der Waals surface area contributed by atoms with Gasteiger partial charge < -0.3 is 46.3 Å². The van der Waals surface area contributed by atoms with Crippen LogP contribution < -0.4 is 31.3 Å². The topological polar surface area (TPSA) is 256 Å². The summed E-state index contributed by atoms with van der Waals surface area (Å²) < 4.78 is 10.6. The second-order valence-electron chi connectivity index (χ2n) is 14.0. The van der Waals surface area contributed by atoms with Crippen LogP contribution in [0.15, 0.2) is 78.9 Å². The van der Waals surface area contributed by atoms with Gasteiger partial charge in [0, 0.05) is 31.4 Å². The molecule has 7 N–H and O–H groups in total. The summed E-state index contributed by atoms with van der Waals surface area (Å²) in [5.74, 6) is -4.95. The minimum absolute atomic E-state index is 0.0408. The Morgan fingerprint density at radius 2 is 1.42 bits per heavy atom. The smallest absolute Gasteiger partial charge is 0.326 e. The number of amides is 5. The van der Waals surface area contributed by atoms with E-state index in [1.807, 2.05) is 18.2 Å². The van der Waals surface area contributed by atoms with Crippen molar-refractivity contribution in [1.82, 2.24) is 26.6 Å². The number of nitrogens with one attached hydrogen (secondary N) is 5. The van der Waals surface area contributed by atoms with Crippen molar-refractivity contribution >= 4 is 47.9 Å². The summed E-state index contributed by atoms with van der Waals surface area (Å²) in [4.78, 5) is 97.9. The lowest BCUT2D eigenvalue weighted by atomic mass is 9.94. The third-order valence-electron chi connectivity index (χ3n) is 9.25. The molecule has 5 amide bonds. The summed E-state index contributed by atoms with van der Waals surface area (Å²) in [5.41, 5.74) is 2.58. The third-order valence-corrected chi connectivity index (χ3v) is 9.25. The van der Waals surface area contributed by atoms with Gasteiger partial charge >= 0.3 is 18.0 Å². The van der Waals surface area contributed by atoms with Gasteiger partial charge in [0.2, 0.25) is 5.91 Å². The first-order chi connectivity index (χ1) is 28.8. The number of aliphatic carboxylic acids is 2. The Balaban J connectivity index is 1.48. The Bertz CT molecular complexity index is 1910. The highest BCUT2D eigenvalue weighted by molar-refractivity contribution is 5.98. The highest BCUT2D eigenvalue weighted by atomic mass is 16.5. The molecule has 0 spiro atoms. The third kappa shape index (κ3) is 17.4. The SMILES string of the molecule is CCC[C@H](NC(=O)N[C@@H](CCCCNC(=O)[C@H](Cc1ccccc1)NC(=O)COc1ccc(C[C@H](CC(=O)CNC(=O)c2ccccc2C)C(=O)O)cc1)OC=O)C(=O)O. The van der Waals surface area contributed by atoms with Crippen LogP contribution in [-0.4, -0.2) is 96.2 Å². The largest absolute Gasteiger partial charge is 0.484 e. The number of ketones is 1. The number of ether oxygens (including phenoxy) is 2. The Hall–Kier alpha value is -6.78. The van der Waals surface area contributed by atoms with E-state index in [1.165, 1.54) is 0 Å². The maximum absolute atomic E-state index is 13.3. The summed E-state index contributed by atoms with van der Waals surface area (Å²) >= 11 is 0. The molecule has 0 fully saturated rings. The second-order valence-corrected chi connectivity index (χ2v) is 14.0. The van der Waals surface area contributed by atoms with Gasteiger partial charge in [0.15, 0.2) is 18.6 Å². The first kappa shape index (κ1) is 47.6. The van der Waals surface area contributed by atoms with E-state index in [4.69, 9.17) is 9.47 Å². The maximum atomic E-state index is 13.3. The zero-order valence-electron chi connectivity index (χ0n) is 33.6. The van der Waals surface area contributed by atoms with Crippen molar-refractivity contribution in [3.05, 3.63) is 101 Å². The van der Waals surface area contributed by atoms with Gasteiger partial charge in [0.05, 0.1) is 12.5 Å². The molecule has 0 aromatic heterocycles. The van der Waals surface area contributed by atoms with Crippen molar-refractivity contribution in [2.75, 3.05) is 19.7 Å². The predicted octanol–water partition coefficient (Wildman–Crippen LogP) is 3.07. The van der Waals surface area contributed by atoms with Crippen molar-refractivity contribution in [3.63, 3.8) is 0 Å². The Kier molecular flexibility index (Phi) is 20.3. The standard InChI is InChI=1S/C43H53N5O12/c1-3-11-35(42(56)57)47-43(58)48-38(60-27-49)16-9-10-21-44-40(53)36(23-29-13-5-4-6-14-29)46-37(51)26-59-33-19-17-30(18-20-33)22-31(41(54)55)24-32(50)25-45-39(52)34-15-8-7-12-28(34)2/h4-8,12-15,17-20,27,31,35-36,38H,3,9-11,16,21-26H2,1-2H3,(H,44,53)(H,45,52)(H,46,51)(H,54,55)(H,56,57)(H2,47,48,58)/t31-,35+,36+,38-/m1/s1. The lowest BCUT2D eigenvalue weighted by molar-refractivity contribution is -0.143. The van der Waals surface area contributed by atoms with Crippen LogP contribution in [0, 0.1) is 12.8 Å². The Labute approximate surface area is 348 Å². The highest BCUT2D eigenvalue weighted by Gasteiger charge is 2.24. The number of Topliss-reactive ketones (excluding diaryl/α,β-unsaturated/α-hetero) is 1. The van der Waals surface area contributed by atoms with Crippen molar-refractivity contribution in [3.8, 4) is 5.75 Å². The fourth-order valence-corrected chi connectivity index (χ4v) is 6.07. The van der Waals surface area contributed by atoms with Crippen molar-refractivity contribution in [1.29, 1.82) is 0 Å². The molecule has 0 aliphatic carbocycles. The van der Waals surface area contributed by atoms with Crippen LogP contribution in [0.5, 0.6) is 5.75 Å². The number of carboxylic acid groups (broad SMARTS) is 2. The van der Waals surface area contributed by atoms with Gasteiger partial charge in [-0.3, -0.25) is 28.8 Å². The van der Waals surface area contributed by atoms with Crippen molar-refractivity contribution < 1.29 is 58.0 Å². The van der Waals surface area contributed by atoms with Gasteiger partial charge in [-0.15, -0.1) is 0 Å². The van der Waals surface area contributed by atoms with Crippen LogP contribution in [0.4, 0.5) is 4.79 Å². The van der Waals surface area contributed by atoms with Crippen molar-refractivity contribution in [2.24, 2.45) is 5.92 Å². The Morgan fingerprint density at radius 1 is 0.733 bits per heavy atom. The zero-order chi connectivity index (χ0) is 43.9. The van der Waals surface area contributed by atoms with Crippen molar-refractivity contribution in [2.45, 2.75) is 83.5 Å². The van der Waals surface area contributed by atoms with Gasteiger partial charge in [0.25, 0.3) is 18.3 Å². The molecule has 3 rings (SSSR count). The van der Waals surface area contributed by atoms with Gasteiger partial charge in [-0.05, 0) is 67.5 Å². The molecule has 322 valence electrons. The first-order valence-electron chi connectivity index (χ1n) is 19.6. The molecular weight excluding hydrogens is 778 g/mol. The Morgan fingerprint density at radius 3 is 2.07 bits per heavy atom. The summed E-state index contributed by atoms with van der Waals surface area (Å²) in [5, 5.41) is 31.9. The zero-order valence-corrected chi connectivity index (χ0v) is 33.6. The molecule has 17 heteroatoms. The number of hydrogen-bond acceptors (Lipinski definition) is 10. The molecule has 0 aliphatic rings. The van der Waals surface area contributed by atoms with E-state index < -0.39 is 72.3 Å². The molecular formula is C43H53N5O12. The van der Waals surface area contributed by atoms with Gasteiger partial charge in [-0.2, -0.15) is 0 Å². The van der Waals surface area contributed by atoms with Crippen LogP contribution in [0.1, 0.15) is 72.5 Å². The molecule has 0 heterocycles. The predicted molar refractivity (Wildman–Crippen MR) is 218 cm³/mol. The molecule has 0 unspecified atom stereocenters. The normalized spacial score (nSPS) is 12.6. The van der Waals surface area contributed by atoms with Crippen LogP contribution >= 0.6 is 0 Å². The molecule has 0 saturated carbocycles. The lowest BCUT2D eigenvalue weighted by Gasteiger charge is -2.20. The van der Waals surface area contributed by atoms with Gasteiger partial charge in [-0.25, -0.2) is 9.59 Å². The number of unbranched alkanes of at least 4 members (excludes halogenated alkanes) is 1. The van der Waals surface area contributed by atoms with E-state index >= 15 is 0 Å². The summed E-state index contributed by atoms with van der Waals surface area (Å²) in [6, 6.07) is 19.5. The molecule has 17 nitrogen and oxygen atoms in total. The summed E-state index contributed by atoms with van der Waals surface area (Å²) in [7, 11) is 0. The number of carbonyl (C=O) groups is 8. The number of aryl methyl sites for hydroxylation is 1. The number of urea groups is 1. The molecule has 0 aliphatic heterocycles. The minimum Gasteiger partial charge on any atom is -0.484 e. The van der Waals surface area contributed by atoms with E-state index in [1.54, 1.807) is 74.5 Å². The summed E-state index contributed by atoms with van der Waals surface area (Å²) in [6.45, 7) is 3.19.